The number of para-hydroxylation sites is 1. The molecule has 0 amide bonds. The van der Waals surface area contributed by atoms with E-state index in [1.54, 1.807) is 25.8 Å². The fourth-order valence-electron chi connectivity index (χ4n) is 5.38. The van der Waals surface area contributed by atoms with E-state index in [1.807, 2.05) is 19.2 Å². The zero-order valence-corrected chi connectivity index (χ0v) is 23.3. The summed E-state index contributed by atoms with van der Waals surface area (Å²) in [5.74, 6) is 1.54. The first-order valence-corrected chi connectivity index (χ1v) is 13.4. The Balaban J connectivity index is 1.41. The molecule has 5 aromatic rings. The van der Waals surface area contributed by atoms with Crippen LogP contribution >= 0.6 is 0 Å². The van der Waals surface area contributed by atoms with Crippen LogP contribution < -0.4 is 20.7 Å². The van der Waals surface area contributed by atoms with Crippen LogP contribution in [0, 0.1) is 0 Å². The van der Waals surface area contributed by atoms with Crippen molar-refractivity contribution in [2.24, 2.45) is 0 Å². The quantitative estimate of drug-likeness (QED) is 0.250. The number of anilines is 4. The highest BCUT2D eigenvalue weighted by Crippen LogP contribution is 2.40. The van der Waals surface area contributed by atoms with Crippen LogP contribution in [0.1, 0.15) is 12.0 Å². The monoisotopic (exact) mass is 538 g/mol. The number of hydrogen-bond donors (Lipinski definition) is 2. The van der Waals surface area contributed by atoms with Gasteiger partial charge in [0.2, 0.25) is 11.8 Å². The normalized spacial score (nSPS) is 12.7. The smallest absolute Gasteiger partial charge is 0.229 e. The summed E-state index contributed by atoms with van der Waals surface area (Å²) in [6.45, 7) is 2.71. The van der Waals surface area contributed by atoms with Crippen molar-refractivity contribution in [3.8, 4) is 28.5 Å². The molecule has 0 saturated heterocycles. The van der Waals surface area contributed by atoms with Crippen molar-refractivity contribution in [1.82, 2.24) is 24.4 Å². The zero-order valence-electron chi connectivity index (χ0n) is 23.3. The molecule has 0 bridgehead atoms. The van der Waals surface area contributed by atoms with E-state index in [4.69, 9.17) is 19.9 Å². The van der Waals surface area contributed by atoms with E-state index in [0.717, 1.165) is 60.4 Å². The standard InChI is InChI=1S/C30H34N8O2/c1-36(2)12-13-37(3)25-16-26(39-4)24(15-23(25)31)34-30-33-17-21(29-32-10-14-40-29)27(35-30)22-18-38-11-6-8-19-7-5-9-20(22)28(19)38/h5,7,9-10,14-18H,6,8,11-13,31H2,1-4H3,(H,33,34,35). The van der Waals surface area contributed by atoms with Crippen LogP contribution in [0.3, 0.4) is 0 Å². The maximum atomic E-state index is 6.50. The van der Waals surface area contributed by atoms with Crippen LogP contribution in [0.15, 0.2) is 59.6 Å². The fourth-order valence-corrected chi connectivity index (χ4v) is 5.38. The molecule has 0 unspecified atom stereocenters. The van der Waals surface area contributed by atoms with E-state index in [2.05, 4.69) is 68.1 Å². The first kappa shape index (κ1) is 25.7. The Labute approximate surface area is 233 Å². The number of nitrogens with zero attached hydrogens (tertiary/aromatic N) is 6. The molecule has 2 aromatic carbocycles. The Kier molecular flexibility index (Phi) is 6.77. The number of methoxy groups -OCH3 is 1. The van der Waals surface area contributed by atoms with Crippen molar-refractivity contribution in [1.29, 1.82) is 0 Å². The summed E-state index contributed by atoms with van der Waals surface area (Å²) in [6.07, 6.45) is 9.32. The Bertz CT molecular complexity index is 1660. The number of oxazole rings is 1. The van der Waals surface area contributed by atoms with Crippen LogP contribution in [0.5, 0.6) is 5.75 Å². The lowest BCUT2D eigenvalue weighted by atomic mass is 10.0. The summed E-state index contributed by atoms with van der Waals surface area (Å²) in [5, 5.41) is 4.50. The summed E-state index contributed by atoms with van der Waals surface area (Å²) in [7, 11) is 7.77. The molecular formula is C30H34N8O2. The molecule has 40 heavy (non-hydrogen) atoms. The van der Waals surface area contributed by atoms with Gasteiger partial charge in [-0.25, -0.2) is 15.0 Å². The second kappa shape index (κ2) is 10.5. The third kappa shape index (κ3) is 4.71. The van der Waals surface area contributed by atoms with Gasteiger partial charge in [0.1, 0.15) is 12.0 Å². The highest BCUT2D eigenvalue weighted by Gasteiger charge is 2.23. The van der Waals surface area contributed by atoms with E-state index in [0.29, 0.717) is 29.0 Å². The molecule has 0 spiro atoms. The van der Waals surface area contributed by atoms with Gasteiger partial charge in [0.05, 0.1) is 47.1 Å². The Hall–Kier alpha value is -4.57. The summed E-state index contributed by atoms with van der Waals surface area (Å²) in [5.41, 5.74) is 13.8. The minimum Gasteiger partial charge on any atom is -0.494 e. The number of benzene rings is 2. The average Bonchev–Trinajstić information content (AvgIpc) is 3.62. The molecule has 4 heterocycles. The van der Waals surface area contributed by atoms with E-state index in [1.165, 1.54) is 11.1 Å². The predicted octanol–water partition coefficient (Wildman–Crippen LogP) is 5.03. The van der Waals surface area contributed by atoms with Gasteiger partial charge in [0.25, 0.3) is 0 Å². The molecule has 0 atom stereocenters. The van der Waals surface area contributed by atoms with Gasteiger partial charge in [0.15, 0.2) is 0 Å². The van der Waals surface area contributed by atoms with Crippen molar-refractivity contribution in [3.05, 3.63) is 60.7 Å². The van der Waals surface area contributed by atoms with Crippen molar-refractivity contribution >= 4 is 33.9 Å². The average molecular weight is 539 g/mol. The Morgan fingerprint density at radius 2 is 2.00 bits per heavy atom. The largest absolute Gasteiger partial charge is 0.494 e. The summed E-state index contributed by atoms with van der Waals surface area (Å²) < 4.78 is 13.8. The third-order valence-corrected chi connectivity index (χ3v) is 7.42. The summed E-state index contributed by atoms with van der Waals surface area (Å²) >= 11 is 0. The van der Waals surface area contributed by atoms with Crippen molar-refractivity contribution in [2.45, 2.75) is 19.4 Å². The van der Waals surface area contributed by atoms with Crippen LogP contribution in [-0.4, -0.2) is 65.8 Å². The van der Waals surface area contributed by atoms with E-state index in [-0.39, 0.29) is 0 Å². The van der Waals surface area contributed by atoms with Gasteiger partial charge in [0, 0.05) is 56.1 Å². The highest BCUT2D eigenvalue weighted by atomic mass is 16.5. The van der Waals surface area contributed by atoms with Crippen molar-refractivity contribution < 1.29 is 9.15 Å². The fraction of sp³-hybridized carbons (Fsp3) is 0.300. The molecule has 0 fully saturated rings. The lowest BCUT2D eigenvalue weighted by molar-refractivity contribution is 0.413. The number of nitrogens with one attached hydrogen (secondary N) is 1. The van der Waals surface area contributed by atoms with Gasteiger partial charge < -0.3 is 34.6 Å². The zero-order chi connectivity index (χ0) is 27.8. The maximum Gasteiger partial charge on any atom is 0.229 e. The minimum atomic E-state index is 0.420. The molecule has 10 nitrogen and oxygen atoms in total. The van der Waals surface area contributed by atoms with E-state index >= 15 is 0 Å². The van der Waals surface area contributed by atoms with Crippen LogP contribution in [0.25, 0.3) is 33.6 Å². The minimum absolute atomic E-state index is 0.420. The summed E-state index contributed by atoms with van der Waals surface area (Å²) in [6, 6.07) is 10.3. The first-order chi connectivity index (χ1) is 19.4. The molecule has 0 radical (unpaired) electrons. The second-order valence-electron chi connectivity index (χ2n) is 10.4. The molecule has 3 aromatic heterocycles. The molecule has 1 aliphatic rings. The molecular weight excluding hydrogens is 504 g/mol. The number of hydrogen-bond acceptors (Lipinski definition) is 9. The second-order valence-corrected chi connectivity index (χ2v) is 10.4. The topological polar surface area (TPSA) is 111 Å². The predicted molar refractivity (Wildman–Crippen MR) is 159 cm³/mol. The van der Waals surface area contributed by atoms with Gasteiger partial charge >= 0.3 is 0 Å². The van der Waals surface area contributed by atoms with E-state index in [9.17, 15) is 0 Å². The van der Waals surface area contributed by atoms with Gasteiger partial charge in [-0.2, -0.15) is 0 Å². The molecule has 6 rings (SSSR count). The molecule has 206 valence electrons. The first-order valence-electron chi connectivity index (χ1n) is 13.4. The number of aromatic nitrogens is 4. The Morgan fingerprint density at radius 3 is 2.77 bits per heavy atom. The lowest BCUT2D eigenvalue weighted by Crippen LogP contribution is -2.29. The van der Waals surface area contributed by atoms with Crippen LogP contribution in [-0.2, 0) is 13.0 Å². The van der Waals surface area contributed by atoms with Gasteiger partial charge in [-0.15, -0.1) is 0 Å². The highest BCUT2D eigenvalue weighted by molar-refractivity contribution is 6.00. The Morgan fingerprint density at radius 1 is 1.12 bits per heavy atom. The number of ether oxygens (including phenoxy) is 1. The van der Waals surface area contributed by atoms with Gasteiger partial charge in [-0.1, -0.05) is 18.2 Å². The molecule has 1 aliphatic heterocycles. The van der Waals surface area contributed by atoms with Gasteiger partial charge in [-0.3, -0.25) is 0 Å². The number of aryl methyl sites for hydroxylation is 2. The SMILES string of the molecule is COc1cc(N(C)CCN(C)C)c(N)cc1Nc1ncc(-c2ncco2)c(-c2cn3c4c(cccc24)CCC3)n1. The number of nitrogens with two attached hydrogens (primary N) is 1. The molecule has 10 heteroatoms. The molecule has 0 saturated carbocycles. The van der Waals surface area contributed by atoms with Crippen molar-refractivity contribution in [2.75, 3.05) is 57.3 Å². The summed E-state index contributed by atoms with van der Waals surface area (Å²) in [4.78, 5) is 18.3. The van der Waals surface area contributed by atoms with E-state index < -0.39 is 0 Å². The number of rotatable bonds is 9. The van der Waals surface area contributed by atoms with Crippen LogP contribution in [0.2, 0.25) is 0 Å². The third-order valence-electron chi connectivity index (χ3n) is 7.42. The van der Waals surface area contributed by atoms with Crippen LogP contribution in [0.4, 0.5) is 23.0 Å². The lowest BCUT2D eigenvalue weighted by Gasteiger charge is -2.24. The maximum absolute atomic E-state index is 6.50. The number of nitrogen functional groups attached to an aromatic ring is 1. The molecule has 0 aliphatic carbocycles. The van der Waals surface area contributed by atoms with Gasteiger partial charge in [-0.05, 0) is 38.6 Å². The number of likely N-dealkylation sites (N-methyl/N-ethyl adjacent to an activating group) is 2. The van der Waals surface area contributed by atoms with Crippen molar-refractivity contribution in [3.63, 3.8) is 0 Å². The molecule has 3 N–H and O–H groups in total.